The maximum absolute atomic E-state index is 12.4. The molecule has 2 N–H and O–H groups in total. The van der Waals surface area contributed by atoms with Crippen molar-refractivity contribution in [1.29, 1.82) is 0 Å². The van der Waals surface area contributed by atoms with Gasteiger partial charge in [-0.2, -0.15) is 18.3 Å². The Hall–Kier alpha value is -1.97. The fourth-order valence-electron chi connectivity index (χ4n) is 1.06. The Balaban J connectivity index is 2.61. The van der Waals surface area contributed by atoms with Gasteiger partial charge in [0.25, 0.3) is 0 Å². The van der Waals surface area contributed by atoms with Crippen LogP contribution in [0.3, 0.4) is 0 Å². The lowest BCUT2D eigenvalue weighted by Crippen LogP contribution is -2.20. The zero-order valence-corrected chi connectivity index (χ0v) is 8.98. The van der Waals surface area contributed by atoms with E-state index < -0.39 is 11.9 Å². The second-order valence-corrected chi connectivity index (χ2v) is 3.19. The lowest BCUT2D eigenvalue weighted by Gasteiger charge is -2.02. The van der Waals surface area contributed by atoms with E-state index >= 15 is 0 Å². The Kier molecular flexibility index (Phi) is 4.15. The Morgan fingerprint density at radius 3 is 2.88 bits per heavy atom. The predicted octanol–water partition coefficient (Wildman–Crippen LogP) is 1.31. The molecule has 17 heavy (non-hydrogen) atoms. The Bertz CT molecular complexity index is 453. The fraction of sp³-hybridized carbons (Fsp3) is 0.400. The van der Waals surface area contributed by atoms with Crippen LogP contribution in [-0.4, -0.2) is 22.6 Å². The van der Waals surface area contributed by atoms with Gasteiger partial charge >= 0.3 is 6.18 Å². The molecule has 0 atom stereocenters. The summed E-state index contributed by atoms with van der Waals surface area (Å²) in [6, 6.07) is 0. The Morgan fingerprint density at radius 1 is 1.59 bits per heavy atom. The molecule has 0 unspecified atom stereocenters. The number of carbonyl (C=O) groups is 1. The van der Waals surface area contributed by atoms with Gasteiger partial charge in [0.15, 0.2) is 5.69 Å². The number of carbonyl (C=O) groups excluding carboxylic acids is 1. The van der Waals surface area contributed by atoms with Crippen LogP contribution in [0.2, 0.25) is 0 Å². The van der Waals surface area contributed by atoms with E-state index in [2.05, 4.69) is 22.3 Å². The molecular weight excluding hydrogens is 235 g/mol. The van der Waals surface area contributed by atoms with Crippen LogP contribution in [0.5, 0.6) is 0 Å². The maximum atomic E-state index is 12.4. The van der Waals surface area contributed by atoms with Crippen LogP contribution in [0.4, 0.5) is 13.2 Å². The van der Waals surface area contributed by atoms with Gasteiger partial charge in [-0.1, -0.05) is 11.8 Å². The normalized spacial score (nSPS) is 10.6. The topological polar surface area (TPSA) is 57.8 Å². The SMILES string of the molecule is CC(=O)NCCC#Cc1cn[nH]c1C(F)(F)F. The van der Waals surface area contributed by atoms with Gasteiger partial charge in [0.05, 0.1) is 11.8 Å². The van der Waals surface area contributed by atoms with E-state index in [1.54, 1.807) is 0 Å². The van der Waals surface area contributed by atoms with Gasteiger partial charge in [0.1, 0.15) is 0 Å². The minimum absolute atomic E-state index is 0.194. The zero-order valence-electron chi connectivity index (χ0n) is 8.98. The fourth-order valence-corrected chi connectivity index (χ4v) is 1.06. The van der Waals surface area contributed by atoms with Crippen molar-refractivity contribution in [3.8, 4) is 11.8 Å². The number of amides is 1. The van der Waals surface area contributed by atoms with Crippen molar-refractivity contribution >= 4 is 5.91 Å². The van der Waals surface area contributed by atoms with Crippen LogP contribution < -0.4 is 5.32 Å². The third kappa shape index (κ3) is 4.18. The summed E-state index contributed by atoms with van der Waals surface area (Å²) < 4.78 is 37.1. The predicted molar refractivity (Wildman–Crippen MR) is 53.8 cm³/mol. The van der Waals surface area contributed by atoms with Crippen molar-refractivity contribution in [3.63, 3.8) is 0 Å². The average Bonchev–Trinajstić information content (AvgIpc) is 2.64. The number of H-pyrrole nitrogens is 1. The number of aromatic amines is 1. The Morgan fingerprint density at radius 2 is 2.29 bits per heavy atom. The molecule has 0 saturated heterocycles. The minimum atomic E-state index is -4.49. The zero-order chi connectivity index (χ0) is 12.9. The van der Waals surface area contributed by atoms with Gasteiger partial charge in [0, 0.05) is 19.9 Å². The molecule has 0 aromatic carbocycles. The lowest BCUT2D eigenvalue weighted by atomic mass is 10.2. The quantitative estimate of drug-likeness (QED) is 0.609. The maximum Gasteiger partial charge on any atom is 0.434 e. The second-order valence-electron chi connectivity index (χ2n) is 3.19. The van der Waals surface area contributed by atoms with Crippen molar-refractivity contribution in [1.82, 2.24) is 15.5 Å². The first-order valence-corrected chi connectivity index (χ1v) is 4.75. The number of alkyl halides is 3. The van der Waals surface area contributed by atoms with E-state index in [-0.39, 0.29) is 17.9 Å². The van der Waals surface area contributed by atoms with Crippen LogP contribution >= 0.6 is 0 Å². The number of nitrogens with one attached hydrogen (secondary N) is 2. The molecule has 0 aliphatic carbocycles. The molecule has 0 saturated carbocycles. The summed E-state index contributed by atoms with van der Waals surface area (Å²) in [5.41, 5.74) is -1.15. The van der Waals surface area contributed by atoms with Crippen LogP contribution in [-0.2, 0) is 11.0 Å². The highest BCUT2D eigenvalue weighted by atomic mass is 19.4. The number of nitrogens with zero attached hydrogens (tertiary/aromatic N) is 1. The molecule has 0 radical (unpaired) electrons. The average molecular weight is 245 g/mol. The van der Waals surface area contributed by atoms with Gasteiger partial charge in [-0.3, -0.25) is 9.89 Å². The first kappa shape index (κ1) is 13.1. The van der Waals surface area contributed by atoms with Crippen LogP contribution in [0.1, 0.15) is 24.6 Å². The number of rotatable bonds is 2. The molecule has 0 bridgehead atoms. The third-order valence-electron chi connectivity index (χ3n) is 1.77. The number of aromatic nitrogens is 2. The molecule has 0 aliphatic rings. The van der Waals surface area contributed by atoms with Crippen molar-refractivity contribution in [3.05, 3.63) is 17.5 Å². The van der Waals surface area contributed by atoms with Crippen LogP contribution in [0.15, 0.2) is 6.20 Å². The van der Waals surface area contributed by atoms with Gasteiger partial charge in [0.2, 0.25) is 5.91 Å². The molecule has 4 nitrogen and oxygen atoms in total. The van der Waals surface area contributed by atoms with E-state index in [0.29, 0.717) is 6.54 Å². The molecule has 0 fully saturated rings. The standard InChI is InChI=1S/C10H10F3N3O/c1-7(17)14-5-3-2-4-8-6-15-16-9(8)10(11,12)13/h6H,3,5H2,1H3,(H,14,17)(H,15,16). The summed E-state index contributed by atoms with van der Waals surface area (Å²) in [7, 11) is 0. The molecule has 7 heteroatoms. The van der Waals surface area contributed by atoms with E-state index in [1.165, 1.54) is 6.92 Å². The largest absolute Gasteiger partial charge is 0.434 e. The molecule has 0 spiro atoms. The summed E-state index contributed by atoms with van der Waals surface area (Å²) in [6.07, 6.45) is -3.19. The molecule has 1 aromatic rings. The van der Waals surface area contributed by atoms with Gasteiger partial charge < -0.3 is 5.32 Å². The van der Waals surface area contributed by atoms with E-state index in [9.17, 15) is 18.0 Å². The van der Waals surface area contributed by atoms with Crippen molar-refractivity contribution < 1.29 is 18.0 Å². The molecular formula is C10H10F3N3O. The second kappa shape index (κ2) is 5.39. The van der Waals surface area contributed by atoms with Gasteiger partial charge in [-0.05, 0) is 0 Å². The van der Waals surface area contributed by atoms with E-state index in [4.69, 9.17) is 0 Å². The van der Waals surface area contributed by atoms with Gasteiger partial charge in [-0.25, -0.2) is 0 Å². The minimum Gasteiger partial charge on any atom is -0.355 e. The Labute approximate surface area is 95.6 Å². The first-order valence-electron chi connectivity index (χ1n) is 4.75. The highest BCUT2D eigenvalue weighted by Crippen LogP contribution is 2.29. The highest BCUT2D eigenvalue weighted by Gasteiger charge is 2.35. The highest BCUT2D eigenvalue weighted by molar-refractivity contribution is 5.72. The van der Waals surface area contributed by atoms with Gasteiger partial charge in [-0.15, -0.1) is 0 Å². The van der Waals surface area contributed by atoms with Crippen LogP contribution in [0, 0.1) is 11.8 Å². The van der Waals surface area contributed by atoms with Crippen molar-refractivity contribution in [2.75, 3.05) is 6.54 Å². The molecule has 0 aliphatic heterocycles. The summed E-state index contributed by atoms with van der Waals surface area (Å²) in [5.74, 6) is 4.69. The third-order valence-corrected chi connectivity index (χ3v) is 1.77. The monoisotopic (exact) mass is 245 g/mol. The molecule has 1 aromatic heterocycles. The van der Waals surface area contributed by atoms with E-state index in [0.717, 1.165) is 6.20 Å². The molecule has 92 valence electrons. The number of hydrogen-bond donors (Lipinski definition) is 2. The summed E-state index contributed by atoms with van der Waals surface area (Å²) in [5, 5.41) is 7.64. The summed E-state index contributed by atoms with van der Waals surface area (Å²) in [6.45, 7) is 1.66. The molecule has 1 heterocycles. The summed E-state index contributed by atoms with van der Waals surface area (Å²) in [4.78, 5) is 10.5. The first-order chi connectivity index (χ1) is 7.91. The number of hydrogen-bond acceptors (Lipinski definition) is 2. The lowest BCUT2D eigenvalue weighted by molar-refractivity contribution is -0.141. The molecule has 1 amide bonds. The van der Waals surface area contributed by atoms with Crippen molar-refractivity contribution in [2.45, 2.75) is 19.5 Å². The smallest absolute Gasteiger partial charge is 0.355 e. The summed E-state index contributed by atoms with van der Waals surface area (Å²) >= 11 is 0. The van der Waals surface area contributed by atoms with Crippen LogP contribution in [0.25, 0.3) is 0 Å². The number of halogens is 3. The van der Waals surface area contributed by atoms with Crippen molar-refractivity contribution in [2.24, 2.45) is 0 Å². The van der Waals surface area contributed by atoms with E-state index in [1.807, 2.05) is 5.10 Å². The molecule has 1 rings (SSSR count).